The van der Waals surface area contributed by atoms with Gasteiger partial charge in [-0.25, -0.2) is 4.68 Å². The molecule has 25 heavy (non-hydrogen) atoms. The third kappa shape index (κ3) is 3.50. The molecule has 2 aromatic carbocycles. The van der Waals surface area contributed by atoms with Crippen molar-refractivity contribution in [1.82, 2.24) is 15.0 Å². The highest BCUT2D eigenvalue weighted by Crippen LogP contribution is 2.38. The molecule has 3 rings (SSSR count). The maximum atomic E-state index is 5.60. The maximum absolute atomic E-state index is 5.60. The van der Waals surface area contributed by atoms with Gasteiger partial charge >= 0.3 is 0 Å². The first-order valence-corrected chi connectivity index (χ1v) is 8.32. The zero-order chi connectivity index (χ0) is 17.8. The van der Waals surface area contributed by atoms with Gasteiger partial charge in [-0.1, -0.05) is 49.4 Å². The number of nitrogens with zero attached hydrogens (tertiary/aromatic N) is 3. The molecule has 1 aromatic heterocycles. The molecule has 0 bridgehead atoms. The Bertz CT molecular complexity index is 841. The van der Waals surface area contributed by atoms with E-state index in [1.165, 1.54) is 5.56 Å². The smallest absolute Gasteiger partial charge is 0.132 e. The van der Waals surface area contributed by atoms with Gasteiger partial charge in [0, 0.05) is 11.6 Å². The van der Waals surface area contributed by atoms with Gasteiger partial charge in [0.2, 0.25) is 0 Å². The third-order valence-electron chi connectivity index (χ3n) is 4.24. The fraction of sp³-hybridized carbons (Fsp3) is 0.300. The van der Waals surface area contributed by atoms with E-state index >= 15 is 0 Å². The van der Waals surface area contributed by atoms with Gasteiger partial charge < -0.3 is 9.47 Å². The highest BCUT2D eigenvalue weighted by molar-refractivity contribution is 5.70. The molecule has 0 spiro atoms. The molecule has 130 valence electrons. The predicted molar refractivity (Wildman–Crippen MR) is 98.2 cm³/mol. The van der Waals surface area contributed by atoms with E-state index in [0.717, 1.165) is 28.3 Å². The monoisotopic (exact) mass is 337 g/mol. The summed E-state index contributed by atoms with van der Waals surface area (Å²) in [5, 5.41) is 8.37. The van der Waals surface area contributed by atoms with Gasteiger partial charge in [-0.05, 0) is 23.1 Å². The molecule has 0 fully saturated rings. The Balaban J connectivity index is 2.07. The molecule has 3 aromatic rings. The van der Waals surface area contributed by atoms with Gasteiger partial charge in [0.1, 0.15) is 11.5 Å². The molecule has 0 radical (unpaired) electrons. The second-order valence-electron chi connectivity index (χ2n) is 6.21. The zero-order valence-corrected chi connectivity index (χ0v) is 15.1. The summed E-state index contributed by atoms with van der Waals surface area (Å²) >= 11 is 0. The van der Waals surface area contributed by atoms with E-state index in [-0.39, 0.29) is 0 Å². The van der Waals surface area contributed by atoms with Gasteiger partial charge in [0.05, 0.1) is 32.7 Å². The van der Waals surface area contributed by atoms with E-state index in [1.807, 2.05) is 28.9 Å². The van der Waals surface area contributed by atoms with Crippen LogP contribution in [-0.4, -0.2) is 29.2 Å². The first-order valence-electron chi connectivity index (χ1n) is 8.32. The topological polar surface area (TPSA) is 49.2 Å². The summed E-state index contributed by atoms with van der Waals surface area (Å²) in [4.78, 5) is 0. The van der Waals surface area contributed by atoms with Crippen LogP contribution < -0.4 is 9.47 Å². The predicted octanol–water partition coefficient (Wildman–Crippen LogP) is 4.13. The van der Waals surface area contributed by atoms with Gasteiger partial charge in [-0.2, -0.15) is 0 Å². The molecular weight excluding hydrogens is 314 g/mol. The molecule has 0 saturated heterocycles. The Morgan fingerprint density at radius 3 is 2.36 bits per heavy atom. The lowest BCUT2D eigenvalue weighted by Gasteiger charge is -2.17. The summed E-state index contributed by atoms with van der Waals surface area (Å²) in [7, 11) is 3.35. The molecular formula is C20H23N3O2. The van der Waals surface area contributed by atoms with Crippen LogP contribution >= 0.6 is 0 Å². The number of methoxy groups -OCH3 is 2. The van der Waals surface area contributed by atoms with Crippen molar-refractivity contribution in [1.29, 1.82) is 0 Å². The largest absolute Gasteiger partial charge is 0.496 e. The molecule has 0 aliphatic heterocycles. The lowest BCUT2D eigenvalue weighted by Crippen LogP contribution is -2.05. The number of hydrogen-bond acceptors (Lipinski definition) is 4. The van der Waals surface area contributed by atoms with Crippen molar-refractivity contribution in [2.75, 3.05) is 14.2 Å². The average molecular weight is 337 g/mol. The summed E-state index contributed by atoms with van der Waals surface area (Å²) in [6, 6.07) is 14.3. The zero-order valence-electron chi connectivity index (χ0n) is 15.1. The number of ether oxygens (including phenoxy) is 2. The highest BCUT2D eigenvalue weighted by Gasteiger charge is 2.18. The van der Waals surface area contributed by atoms with Crippen LogP contribution in [0.25, 0.3) is 11.3 Å². The van der Waals surface area contributed by atoms with Crippen molar-refractivity contribution in [2.24, 2.45) is 0 Å². The maximum Gasteiger partial charge on any atom is 0.132 e. The van der Waals surface area contributed by atoms with Gasteiger partial charge in [0.15, 0.2) is 0 Å². The van der Waals surface area contributed by atoms with Crippen molar-refractivity contribution in [3.63, 3.8) is 0 Å². The van der Waals surface area contributed by atoms with Gasteiger partial charge in [-0.3, -0.25) is 0 Å². The van der Waals surface area contributed by atoms with Crippen LogP contribution in [-0.2, 0) is 6.54 Å². The lowest BCUT2D eigenvalue weighted by molar-refractivity contribution is 0.390. The minimum Gasteiger partial charge on any atom is -0.496 e. The molecule has 0 atom stereocenters. The van der Waals surface area contributed by atoms with Crippen molar-refractivity contribution < 1.29 is 9.47 Å². The Kier molecular flexibility index (Phi) is 5.03. The first kappa shape index (κ1) is 17.0. The van der Waals surface area contributed by atoms with Crippen molar-refractivity contribution in [2.45, 2.75) is 26.3 Å². The fourth-order valence-corrected chi connectivity index (χ4v) is 2.91. The standard InChI is InChI=1S/C20H23N3O2/c1-14(2)16-10-17(20(25-4)11-19(16)24-3)18-12-21-22-23(18)13-15-8-6-5-7-9-15/h5-12,14H,13H2,1-4H3. The molecule has 0 saturated carbocycles. The van der Waals surface area contributed by atoms with Crippen LogP contribution in [0.4, 0.5) is 0 Å². The van der Waals surface area contributed by atoms with Gasteiger partial charge in [0.25, 0.3) is 0 Å². The number of rotatable bonds is 6. The summed E-state index contributed by atoms with van der Waals surface area (Å²) in [5.41, 5.74) is 4.19. The molecule has 0 aliphatic rings. The van der Waals surface area contributed by atoms with Crippen molar-refractivity contribution >= 4 is 0 Å². The second kappa shape index (κ2) is 7.38. The van der Waals surface area contributed by atoms with Crippen LogP contribution in [0.2, 0.25) is 0 Å². The number of hydrogen-bond donors (Lipinski definition) is 0. The van der Waals surface area contributed by atoms with Crippen LogP contribution in [0.5, 0.6) is 11.5 Å². The molecule has 0 aliphatic carbocycles. The minimum atomic E-state index is 0.332. The van der Waals surface area contributed by atoms with E-state index in [2.05, 4.69) is 42.4 Å². The molecule has 5 nitrogen and oxygen atoms in total. The average Bonchev–Trinajstić information content (AvgIpc) is 3.09. The Hall–Kier alpha value is -2.82. The van der Waals surface area contributed by atoms with Crippen LogP contribution in [0.15, 0.2) is 48.7 Å². The lowest BCUT2D eigenvalue weighted by atomic mass is 9.97. The minimum absolute atomic E-state index is 0.332. The summed E-state index contributed by atoms with van der Waals surface area (Å²) in [5.74, 6) is 1.91. The normalized spacial score (nSPS) is 10.9. The van der Waals surface area contributed by atoms with Crippen LogP contribution in [0.1, 0.15) is 30.9 Å². The molecule has 0 unspecified atom stereocenters. The Labute approximate surface area is 148 Å². The highest BCUT2D eigenvalue weighted by atomic mass is 16.5. The number of aromatic nitrogens is 3. The Morgan fingerprint density at radius 2 is 1.72 bits per heavy atom. The molecule has 1 heterocycles. The van der Waals surface area contributed by atoms with E-state index in [1.54, 1.807) is 20.4 Å². The third-order valence-corrected chi connectivity index (χ3v) is 4.24. The fourth-order valence-electron chi connectivity index (χ4n) is 2.91. The van der Waals surface area contributed by atoms with E-state index in [4.69, 9.17) is 9.47 Å². The molecule has 5 heteroatoms. The van der Waals surface area contributed by atoms with E-state index in [0.29, 0.717) is 12.5 Å². The van der Waals surface area contributed by atoms with E-state index in [9.17, 15) is 0 Å². The van der Waals surface area contributed by atoms with Crippen LogP contribution in [0.3, 0.4) is 0 Å². The van der Waals surface area contributed by atoms with E-state index < -0.39 is 0 Å². The second-order valence-corrected chi connectivity index (χ2v) is 6.21. The van der Waals surface area contributed by atoms with Crippen molar-refractivity contribution in [3.05, 3.63) is 59.8 Å². The molecule has 0 N–H and O–H groups in total. The van der Waals surface area contributed by atoms with Crippen LogP contribution in [0, 0.1) is 0 Å². The molecule has 0 amide bonds. The quantitative estimate of drug-likeness (QED) is 0.678. The number of benzene rings is 2. The summed E-state index contributed by atoms with van der Waals surface area (Å²) < 4.78 is 13.0. The Morgan fingerprint density at radius 1 is 1.00 bits per heavy atom. The first-order chi connectivity index (χ1) is 12.1. The summed E-state index contributed by atoms with van der Waals surface area (Å²) in [6.07, 6.45) is 1.78. The van der Waals surface area contributed by atoms with Crippen molar-refractivity contribution in [3.8, 4) is 22.8 Å². The van der Waals surface area contributed by atoms with Gasteiger partial charge in [-0.15, -0.1) is 5.10 Å². The SMILES string of the molecule is COc1cc(OC)c(C(C)C)cc1-c1cnnn1Cc1ccccc1. The summed E-state index contributed by atoms with van der Waals surface area (Å²) in [6.45, 7) is 4.95.